The summed E-state index contributed by atoms with van der Waals surface area (Å²) in [6.07, 6.45) is 1.50. The Bertz CT molecular complexity index is 807. The Morgan fingerprint density at radius 2 is 2.24 bits per heavy atom. The molecule has 0 saturated heterocycles. The number of aromatic nitrogens is 4. The summed E-state index contributed by atoms with van der Waals surface area (Å²) in [4.78, 5) is 5.38. The lowest BCUT2D eigenvalue weighted by Gasteiger charge is -2.00. The summed E-state index contributed by atoms with van der Waals surface area (Å²) in [6.45, 7) is 0. The van der Waals surface area contributed by atoms with Crippen LogP contribution >= 0.6 is 27.7 Å². The van der Waals surface area contributed by atoms with Gasteiger partial charge in [-0.25, -0.2) is 0 Å². The van der Waals surface area contributed by atoms with Crippen LogP contribution in [0.3, 0.4) is 0 Å². The van der Waals surface area contributed by atoms with Crippen molar-refractivity contribution in [3.05, 3.63) is 46.5 Å². The van der Waals surface area contributed by atoms with E-state index in [0.29, 0.717) is 28.7 Å². The molecule has 3 rings (SSSR count). The van der Waals surface area contributed by atoms with E-state index in [-0.39, 0.29) is 0 Å². The van der Waals surface area contributed by atoms with Crippen molar-refractivity contribution in [2.75, 3.05) is 0 Å². The van der Waals surface area contributed by atoms with Crippen LogP contribution in [-0.4, -0.2) is 20.3 Å². The number of H-pyrrole nitrogens is 1. The van der Waals surface area contributed by atoms with Crippen molar-refractivity contribution in [2.24, 2.45) is 0 Å². The first-order valence-electron chi connectivity index (χ1n) is 5.91. The van der Waals surface area contributed by atoms with Gasteiger partial charge in [-0.15, -0.1) is 11.8 Å². The standard InChI is InChI=1S/C13H8BrN5OS/c14-9-3-1-2-4-11(9)21-7-12-17-13(20-19-12)8-6-16-18-10(8)5-15/h1-4,6H,7H2,(H,16,18). The van der Waals surface area contributed by atoms with Gasteiger partial charge in [-0.3, -0.25) is 5.10 Å². The fraction of sp³-hybridized carbons (Fsp3) is 0.0769. The molecule has 0 unspecified atom stereocenters. The molecule has 0 spiro atoms. The first kappa shape index (κ1) is 13.9. The number of hydrogen-bond acceptors (Lipinski definition) is 6. The molecule has 2 heterocycles. The predicted molar refractivity (Wildman–Crippen MR) is 80.3 cm³/mol. The van der Waals surface area contributed by atoms with E-state index in [1.165, 1.54) is 6.20 Å². The fourth-order valence-electron chi connectivity index (χ4n) is 1.66. The highest BCUT2D eigenvalue weighted by Crippen LogP contribution is 2.29. The Balaban J connectivity index is 1.74. The third kappa shape index (κ3) is 2.99. The minimum atomic E-state index is 0.294. The van der Waals surface area contributed by atoms with Crippen molar-refractivity contribution in [3.63, 3.8) is 0 Å². The van der Waals surface area contributed by atoms with Gasteiger partial charge in [0.25, 0.3) is 5.89 Å². The van der Waals surface area contributed by atoms with Gasteiger partial charge in [-0.2, -0.15) is 15.3 Å². The molecule has 1 aromatic carbocycles. The van der Waals surface area contributed by atoms with Crippen LogP contribution in [0.2, 0.25) is 0 Å². The Labute approximate surface area is 132 Å². The number of nitrogens with zero attached hydrogens (tertiary/aromatic N) is 4. The quantitative estimate of drug-likeness (QED) is 0.716. The van der Waals surface area contributed by atoms with Gasteiger partial charge in [0.05, 0.1) is 17.5 Å². The van der Waals surface area contributed by atoms with Crippen LogP contribution in [0.4, 0.5) is 0 Å². The molecule has 2 aromatic heterocycles. The lowest BCUT2D eigenvalue weighted by Crippen LogP contribution is -1.85. The largest absolute Gasteiger partial charge is 0.334 e. The first-order chi connectivity index (χ1) is 10.3. The van der Waals surface area contributed by atoms with Gasteiger partial charge in [-0.1, -0.05) is 17.3 Å². The van der Waals surface area contributed by atoms with Crippen LogP contribution in [0.1, 0.15) is 11.5 Å². The lowest BCUT2D eigenvalue weighted by atomic mass is 10.2. The highest BCUT2D eigenvalue weighted by molar-refractivity contribution is 9.10. The molecule has 0 amide bonds. The Morgan fingerprint density at radius 3 is 3.05 bits per heavy atom. The summed E-state index contributed by atoms with van der Waals surface area (Å²) >= 11 is 5.09. The van der Waals surface area contributed by atoms with E-state index in [2.05, 4.69) is 36.3 Å². The van der Waals surface area contributed by atoms with Crippen molar-refractivity contribution in [1.29, 1.82) is 5.26 Å². The van der Waals surface area contributed by atoms with Gasteiger partial charge in [0.15, 0.2) is 5.82 Å². The van der Waals surface area contributed by atoms with Crippen LogP contribution in [0.25, 0.3) is 11.5 Å². The highest BCUT2D eigenvalue weighted by Gasteiger charge is 2.15. The second kappa shape index (κ2) is 6.11. The molecule has 0 radical (unpaired) electrons. The van der Waals surface area contributed by atoms with Gasteiger partial charge in [0, 0.05) is 9.37 Å². The van der Waals surface area contributed by atoms with Crippen molar-refractivity contribution >= 4 is 27.7 Å². The molecule has 104 valence electrons. The minimum Gasteiger partial charge on any atom is -0.334 e. The second-order valence-corrected chi connectivity index (χ2v) is 5.88. The van der Waals surface area contributed by atoms with Gasteiger partial charge in [0.1, 0.15) is 11.8 Å². The number of rotatable bonds is 4. The molecule has 21 heavy (non-hydrogen) atoms. The number of nitrogens with one attached hydrogen (secondary N) is 1. The van der Waals surface area contributed by atoms with Crippen molar-refractivity contribution < 1.29 is 4.52 Å². The van der Waals surface area contributed by atoms with E-state index in [1.54, 1.807) is 11.8 Å². The third-order valence-electron chi connectivity index (χ3n) is 2.64. The van der Waals surface area contributed by atoms with Gasteiger partial charge in [0.2, 0.25) is 0 Å². The molecule has 0 bridgehead atoms. The monoisotopic (exact) mass is 361 g/mol. The molecule has 1 N–H and O–H groups in total. The van der Waals surface area contributed by atoms with E-state index >= 15 is 0 Å². The molecular formula is C13H8BrN5OS. The van der Waals surface area contributed by atoms with Gasteiger partial charge in [-0.05, 0) is 28.1 Å². The summed E-state index contributed by atoms with van der Waals surface area (Å²) in [5.41, 5.74) is 0.825. The number of hydrogen-bond donors (Lipinski definition) is 1. The van der Waals surface area contributed by atoms with Crippen LogP contribution in [0.5, 0.6) is 0 Å². The molecule has 0 fully saturated rings. The molecule has 0 aliphatic carbocycles. The highest BCUT2D eigenvalue weighted by atomic mass is 79.9. The Morgan fingerprint density at radius 1 is 1.38 bits per heavy atom. The zero-order chi connectivity index (χ0) is 14.7. The van der Waals surface area contributed by atoms with E-state index in [9.17, 15) is 0 Å². The first-order valence-corrected chi connectivity index (χ1v) is 7.69. The van der Waals surface area contributed by atoms with Gasteiger partial charge >= 0.3 is 0 Å². The van der Waals surface area contributed by atoms with Crippen molar-refractivity contribution in [1.82, 2.24) is 20.3 Å². The average molecular weight is 362 g/mol. The van der Waals surface area contributed by atoms with Crippen LogP contribution in [0.15, 0.2) is 44.4 Å². The maximum Gasteiger partial charge on any atom is 0.262 e. The van der Waals surface area contributed by atoms with E-state index in [4.69, 9.17) is 9.78 Å². The Kier molecular flexibility index (Phi) is 4.03. The SMILES string of the molecule is N#Cc1[nH]ncc1-c1nc(CSc2ccccc2Br)no1. The topological polar surface area (TPSA) is 91.4 Å². The molecule has 8 heteroatoms. The molecular weight excluding hydrogens is 354 g/mol. The fourth-order valence-corrected chi connectivity index (χ4v) is 3.07. The number of nitriles is 1. The molecule has 3 aromatic rings. The van der Waals surface area contributed by atoms with Gasteiger partial charge < -0.3 is 4.52 Å². The van der Waals surface area contributed by atoms with E-state index in [0.717, 1.165) is 9.37 Å². The maximum absolute atomic E-state index is 8.94. The average Bonchev–Trinajstić information content (AvgIpc) is 3.14. The molecule has 0 aliphatic rings. The number of benzene rings is 1. The normalized spacial score (nSPS) is 10.5. The number of thioether (sulfide) groups is 1. The Hall–Kier alpha value is -2.11. The molecule has 0 aliphatic heterocycles. The number of aromatic amines is 1. The van der Waals surface area contributed by atoms with Crippen LogP contribution in [0, 0.1) is 11.3 Å². The number of halogens is 1. The summed E-state index contributed by atoms with van der Waals surface area (Å²) in [7, 11) is 0. The second-order valence-electron chi connectivity index (χ2n) is 4.01. The van der Waals surface area contributed by atoms with Crippen LogP contribution in [-0.2, 0) is 5.75 Å². The predicted octanol–water partition coefficient (Wildman–Crippen LogP) is 3.39. The van der Waals surface area contributed by atoms with Crippen molar-refractivity contribution in [2.45, 2.75) is 10.6 Å². The summed E-state index contributed by atoms with van der Waals surface area (Å²) in [6, 6.07) is 9.92. The van der Waals surface area contributed by atoms with E-state index < -0.39 is 0 Å². The minimum absolute atomic E-state index is 0.294. The molecule has 6 nitrogen and oxygen atoms in total. The maximum atomic E-state index is 8.94. The summed E-state index contributed by atoms with van der Waals surface area (Å²) < 4.78 is 6.20. The lowest BCUT2D eigenvalue weighted by molar-refractivity contribution is 0.425. The summed E-state index contributed by atoms with van der Waals surface area (Å²) in [5, 5.41) is 19.2. The zero-order valence-corrected chi connectivity index (χ0v) is 13.0. The van der Waals surface area contributed by atoms with Crippen molar-refractivity contribution in [3.8, 4) is 17.5 Å². The van der Waals surface area contributed by atoms with Crippen LogP contribution < -0.4 is 0 Å². The summed E-state index contributed by atoms with van der Waals surface area (Å²) in [5.74, 6) is 1.44. The van der Waals surface area contributed by atoms with E-state index in [1.807, 2.05) is 30.3 Å². The molecule has 0 atom stereocenters. The molecule has 0 saturated carbocycles. The zero-order valence-electron chi connectivity index (χ0n) is 10.6. The third-order valence-corrected chi connectivity index (χ3v) is 4.67. The smallest absolute Gasteiger partial charge is 0.262 e.